The lowest BCUT2D eigenvalue weighted by Gasteiger charge is -2.30. The molecule has 2 rings (SSSR count). The van der Waals surface area contributed by atoms with Crippen molar-refractivity contribution in [1.29, 1.82) is 0 Å². The van der Waals surface area contributed by atoms with Gasteiger partial charge in [0.2, 0.25) is 0 Å². The largest absolute Gasteiger partial charge is 0.419 e. The van der Waals surface area contributed by atoms with Crippen LogP contribution in [0.25, 0.3) is 11.1 Å². The molecule has 0 spiro atoms. The van der Waals surface area contributed by atoms with Gasteiger partial charge in [0.1, 0.15) is 0 Å². The predicted molar refractivity (Wildman–Crippen MR) is 77.6 cm³/mol. The first-order valence-corrected chi connectivity index (χ1v) is 6.35. The standard InChI is InChI=1S/C14H21N3O2/c1-14(2,8-15)9-16(3)10-5-6-11-12(7-10)19-13(18)17(11)4/h5-7H,8-9,15H2,1-4H3. The van der Waals surface area contributed by atoms with Gasteiger partial charge >= 0.3 is 5.76 Å². The van der Waals surface area contributed by atoms with Crippen molar-refractivity contribution in [3.05, 3.63) is 28.7 Å². The van der Waals surface area contributed by atoms with Crippen LogP contribution in [0.5, 0.6) is 0 Å². The van der Waals surface area contributed by atoms with Crippen molar-refractivity contribution in [1.82, 2.24) is 4.57 Å². The minimum Gasteiger partial charge on any atom is -0.408 e. The number of anilines is 1. The average Bonchev–Trinajstić information content (AvgIpc) is 2.64. The van der Waals surface area contributed by atoms with E-state index >= 15 is 0 Å². The number of nitrogens with two attached hydrogens (primary N) is 1. The minimum atomic E-state index is -0.336. The molecule has 2 aromatic rings. The molecule has 5 heteroatoms. The SMILES string of the molecule is CN(CC(C)(C)CN)c1ccc2c(c1)oc(=O)n2C. The normalized spacial score (nSPS) is 12.1. The van der Waals surface area contributed by atoms with E-state index in [4.69, 9.17) is 10.2 Å². The van der Waals surface area contributed by atoms with Gasteiger partial charge < -0.3 is 15.1 Å². The smallest absolute Gasteiger partial charge is 0.408 e. The van der Waals surface area contributed by atoms with E-state index in [0.29, 0.717) is 12.1 Å². The van der Waals surface area contributed by atoms with Gasteiger partial charge in [0, 0.05) is 32.4 Å². The summed E-state index contributed by atoms with van der Waals surface area (Å²) in [5.41, 5.74) is 8.24. The Morgan fingerprint density at radius 1 is 1.42 bits per heavy atom. The van der Waals surface area contributed by atoms with Crippen molar-refractivity contribution in [3.8, 4) is 0 Å². The molecule has 2 N–H and O–H groups in total. The zero-order chi connectivity index (χ0) is 14.2. The second-order valence-corrected chi connectivity index (χ2v) is 5.80. The summed E-state index contributed by atoms with van der Waals surface area (Å²) in [5.74, 6) is -0.336. The Morgan fingerprint density at radius 2 is 2.11 bits per heavy atom. The van der Waals surface area contributed by atoms with Crippen molar-refractivity contribution in [2.24, 2.45) is 18.2 Å². The molecule has 5 nitrogen and oxygen atoms in total. The zero-order valence-electron chi connectivity index (χ0n) is 11.9. The van der Waals surface area contributed by atoms with E-state index in [-0.39, 0.29) is 11.2 Å². The number of aryl methyl sites for hydroxylation is 1. The summed E-state index contributed by atoms with van der Waals surface area (Å²) in [5, 5.41) is 0. The third-order valence-electron chi connectivity index (χ3n) is 3.43. The third kappa shape index (κ3) is 2.66. The number of rotatable bonds is 4. The van der Waals surface area contributed by atoms with Crippen LogP contribution in [-0.2, 0) is 7.05 Å². The lowest BCUT2D eigenvalue weighted by Crippen LogP contribution is -2.36. The van der Waals surface area contributed by atoms with Gasteiger partial charge in [0.05, 0.1) is 5.52 Å². The molecule has 0 fully saturated rings. The van der Waals surface area contributed by atoms with Gasteiger partial charge in [0.15, 0.2) is 5.58 Å². The van der Waals surface area contributed by atoms with E-state index in [2.05, 4.69) is 18.7 Å². The molecular formula is C14H21N3O2. The van der Waals surface area contributed by atoms with Crippen LogP contribution in [0.2, 0.25) is 0 Å². The van der Waals surface area contributed by atoms with Gasteiger partial charge in [0.25, 0.3) is 0 Å². The highest BCUT2D eigenvalue weighted by Gasteiger charge is 2.19. The van der Waals surface area contributed by atoms with E-state index < -0.39 is 0 Å². The molecule has 0 bridgehead atoms. The molecule has 0 atom stereocenters. The second kappa shape index (κ2) is 4.74. The predicted octanol–water partition coefficient (Wildman–Crippen LogP) is 1.55. The van der Waals surface area contributed by atoms with Gasteiger partial charge in [-0.3, -0.25) is 4.57 Å². The number of hydrogen-bond donors (Lipinski definition) is 1. The maximum Gasteiger partial charge on any atom is 0.419 e. The van der Waals surface area contributed by atoms with Crippen molar-refractivity contribution < 1.29 is 4.42 Å². The quantitative estimate of drug-likeness (QED) is 0.909. The monoisotopic (exact) mass is 263 g/mol. The Labute approximate surface area is 112 Å². The molecule has 1 aromatic heterocycles. The van der Waals surface area contributed by atoms with Crippen LogP contribution in [0.1, 0.15) is 13.8 Å². The fourth-order valence-electron chi connectivity index (χ4n) is 2.16. The summed E-state index contributed by atoms with van der Waals surface area (Å²) in [7, 11) is 3.72. The lowest BCUT2D eigenvalue weighted by atomic mass is 9.93. The molecule has 0 saturated heterocycles. The molecule has 0 aliphatic rings. The van der Waals surface area contributed by atoms with Gasteiger partial charge in [-0.2, -0.15) is 0 Å². The molecule has 0 aliphatic heterocycles. The van der Waals surface area contributed by atoms with Crippen LogP contribution in [0, 0.1) is 5.41 Å². The highest BCUT2D eigenvalue weighted by molar-refractivity contribution is 5.77. The van der Waals surface area contributed by atoms with Crippen LogP contribution in [0.3, 0.4) is 0 Å². The Bertz CT molecular complexity index is 640. The molecule has 0 unspecified atom stereocenters. The van der Waals surface area contributed by atoms with Gasteiger partial charge in [-0.25, -0.2) is 4.79 Å². The minimum absolute atomic E-state index is 0.0429. The molecule has 0 saturated carbocycles. The summed E-state index contributed by atoms with van der Waals surface area (Å²) in [6.45, 7) is 5.72. The van der Waals surface area contributed by atoms with E-state index in [0.717, 1.165) is 17.7 Å². The molecule has 1 heterocycles. The number of hydrogen-bond acceptors (Lipinski definition) is 4. The number of aromatic nitrogens is 1. The van der Waals surface area contributed by atoms with Crippen molar-refractivity contribution in [2.45, 2.75) is 13.8 Å². The first-order valence-electron chi connectivity index (χ1n) is 6.35. The maximum absolute atomic E-state index is 11.5. The van der Waals surface area contributed by atoms with Crippen molar-refractivity contribution in [2.75, 3.05) is 25.0 Å². The fourth-order valence-corrected chi connectivity index (χ4v) is 2.16. The highest BCUT2D eigenvalue weighted by Crippen LogP contribution is 2.23. The average molecular weight is 263 g/mol. The summed E-state index contributed by atoms with van der Waals surface area (Å²) < 4.78 is 6.70. The van der Waals surface area contributed by atoms with E-state index in [1.165, 1.54) is 4.57 Å². The van der Waals surface area contributed by atoms with Crippen molar-refractivity contribution >= 4 is 16.8 Å². The molecular weight excluding hydrogens is 242 g/mol. The fraction of sp³-hybridized carbons (Fsp3) is 0.500. The first-order chi connectivity index (χ1) is 8.84. The molecule has 0 amide bonds. The van der Waals surface area contributed by atoms with Crippen LogP contribution >= 0.6 is 0 Å². The van der Waals surface area contributed by atoms with Crippen molar-refractivity contribution in [3.63, 3.8) is 0 Å². The Balaban J connectivity index is 2.33. The van der Waals surface area contributed by atoms with Crippen LogP contribution < -0.4 is 16.4 Å². The van der Waals surface area contributed by atoms with E-state index in [1.54, 1.807) is 7.05 Å². The Kier molecular flexibility index (Phi) is 3.41. The van der Waals surface area contributed by atoms with Crippen LogP contribution in [0.4, 0.5) is 5.69 Å². The summed E-state index contributed by atoms with van der Waals surface area (Å²) in [6, 6.07) is 5.79. The van der Waals surface area contributed by atoms with Crippen LogP contribution in [-0.4, -0.2) is 24.7 Å². The molecule has 104 valence electrons. The number of nitrogens with zero attached hydrogens (tertiary/aromatic N) is 2. The number of oxazole rings is 1. The first kappa shape index (κ1) is 13.7. The zero-order valence-corrected chi connectivity index (χ0v) is 11.9. The van der Waals surface area contributed by atoms with Gasteiger partial charge in [-0.15, -0.1) is 0 Å². The summed E-state index contributed by atoms with van der Waals surface area (Å²) in [6.07, 6.45) is 0. The third-order valence-corrected chi connectivity index (χ3v) is 3.43. The summed E-state index contributed by atoms with van der Waals surface area (Å²) >= 11 is 0. The Hall–Kier alpha value is -1.75. The van der Waals surface area contributed by atoms with E-state index in [1.807, 2.05) is 25.2 Å². The number of fused-ring (bicyclic) bond motifs is 1. The molecule has 19 heavy (non-hydrogen) atoms. The molecule has 0 aliphatic carbocycles. The Morgan fingerprint density at radius 3 is 2.74 bits per heavy atom. The van der Waals surface area contributed by atoms with Gasteiger partial charge in [-0.05, 0) is 24.1 Å². The number of benzene rings is 1. The summed E-state index contributed by atoms with van der Waals surface area (Å²) in [4.78, 5) is 13.6. The van der Waals surface area contributed by atoms with E-state index in [9.17, 15) is 4.79 Å². The molecule has 0 radical (unpaired) electrons. The second-order valence-electron chi connectivity index (χ2n) is 5.80. The van der Waals surface area contributed by atoms with Gasteiger partial charge in [-0.1, -0.05) is 13.8 Å². The topological polar surface area (TPSA) is 64.4 Å². The highest BCUT2D eigenvalue weighted by atomic mass is 16.4. The molecule has 1 aromatic carbocycles. The maximum atomic E-state index is 11.5. The lowest BCUT2D eigenvalue weighted by molar-refractivity contribution is 0.385. The van der Waals surface area contributed by atoms with Crippen LogP contribution in [0.15, 0.2) is 27.4 Å².